The van der Waals surface area contributed by atoms with Crippen LogP contribution in [0.25, 0.3) is 0 Å². The van der Waals surface area contributed by atoms with Gasteiger partial charge in [-0.05, 0) is 30.7 Å². The van der Waals surface area contributed by atoms with E-state index in [0.717, 1.165) is 0 Å². The molecule has 33 heavy (non-hydrogen) atoms. The smallest absolute Gasteiger partial charge is 0.337 e. The number of benzene rings is 2. The molecule has 3 rings (SSSR count). The van der Waals surface area contributed by atoms with Gasteiger partial charge in [-0.1, -0.05) is 72.4 Å². The van der Waals surface area contributed by atoms with E-state index in [0.29, 0.717) is 32.6 Å². The zero-order valence-electron chi connectivity index (χ0n) is 17.9. The lowest BCUT2D eigenvalue weighted by atomic mass is 9.82. The molecule has 168 valence electrons. The van der Waals surface area contributed by atoms with Crippen LogP contribution >= 0.6 is 23.4 Å². The summed E-state index contributed by atoms with van der Waals surface area (Å²) >= 11 is 7.64. The van der Waals surface area contributed by atoms with E-state index in [1.807, 2.05) is 18.2 Å². The number of nitriles is 1. The van der Waals surface area contributed by atoms with Crippen LogP contribution in [0.3, 0.4) is 0 Å². The van der Waals surface area contributed by atoms with E-state index < -0.39 is 11.9 Å². The molecule has 0 saturated carbocycles. The standard InChI is InChI=1S/C25H22ClN3O3S/c1-3-13-32-25(31)22-16(2)28-24(33-15-21(30)29-17-9-5-4-6-10-17)19(14-27)23(22)18-11-7-8-12-20(18)26/h3-12,23,28H,1,13,15H2,2H3,(H,29,30). The Labute approximate surface area is 202 Å². The largest absolute Gasteiger partial charge is 0.458 e. The molecule has 0 radical (unpaired) electrons. The molecule has 8 heteroatoms. The van der Waals surface area contributed by atoms with Crippen molar-refractivity contribution in [3.8, 4) is 6.07 Å². The molecule has 2 aromatic rings. The van der Waals surface area contributed by atoms with E-state index in [4.69, 9.17) is 16.3 Å². The molecule has 1 heterocycles. The Morgan fingerprint density at radius 3 is 2.61 bits per heavy atom. The van der Waals surface area contributed by atoms with E-state index in [1.165, 1.54) is 17.8 Å². The van der Waals surface area contributed by atoms with Crippen molar-refractivity contribution in [2.45, 2.75) is 12.8 Å². The maximum Gasteiger partial charge on any atom is 0.337 e. The third-order valence-electron chi connectivity index (χ3n) is 4.82. The molecule has 1 aliphatic heterocycles. The van der Waals surface area contributed by atoms with E-state index in [9.17, 15) is 14.9 Å². The lowest BCUT2D eigenvalue weighted by Gasteiger charge is -2.29. The first kappa shape index (κ1) is 24.2. The number of carbonyl (C=O) groups excluding carboxylic acids is 2. The number of rotatable bonds is 8. The highest BCUT2D eigenvalue weighted by Crippen LogP contribution is 2.43. The van der Waals surface area contributed by atoms with Crippen molar-refractivity contribution in [1.82, 2.24) is 5.32 Å². The summed E-state index contributed by atoms with van der Waals surface area (Å²) < 4.78 is 5.28. The minimum atomic E-state index is -0.734. The van der Waals surface area contributed by atoms with Crippen molar-refractivity contribution in [1.29, 1.82) is 5.26 Å². The van der Waals surface area contributed by atoms with Gasteiger partial charge in [0.1, 0.15) is 6.61 Å². The molecular formula is C25H22ClN3O3S. The first-order chi connectivity index (χ1) is 16.0. The Morgan fingerprint density at radius 2 is 1.94 bits per heavy atom. The van der Waals surface area contributed by atoms with Gasteiger partial charge < -0.3 is 15.4 Å². The van der Waals surface area contributed by atoms with Crippen molar-refractivity contribution < 1.29 is 14.3 Å². The first-order valence-corrected chi connectivity index (χ1v) is 11.4. The summed E-state index contributed by atoms with van der Waals surface area (Å²) in [6.45, 7) is 5.34. The second-order valence-corrected chi connectivity index (χ2v) is 8.46. The topological polar surface area (TPSA) is 91.2 Å². The highest BCUT2D eigenvalue weighted by molar-refractivity contribution is 8.03. The monoisotopic (exact) mass is 479 g/mol. The zero-order valence-corrected chi connectivity index (χ0v) is 19.5. The molecule has 6 nitrogen and oxygen atoms in total. The predicted octanol–water partition coefficient (Wildman–Crippen LogP) is 5.14. The Hall–Kier alpha value is -3.47. The zero-order chi connectivity index (χ0) is 23.8. The van der Waals surface area contributed by atoms with E-state index in [-0.39, 0.29) is 23.8 Å². The maximum atomic E-state index is 12.9. The lowest BCUT2D eigenvalue weighted by molar-refractivity contribution is -0.138. The molecule has 1 amide bonds. The van der Waals surface area contributed by atoms with Gasteiger partial charge in [-0.25, -0.2) is 4.79 Å². The summed E-state index contributed by atoms with van der Waals surface area (Å²) in [5.41, 5.74) is 2.40. The molecule has 1 unspecified atom stereocenters. The molecular weight excluding hydrogens is 458 g/mol. The average molecular weight is 480 g/mol. The van der Waals surface area contributed by atoms with Crippen molar-refractivity contribution >= 4 is 40.9 Å². The van der Waals surface area contributed by atoms with Crippen LogP contribution in [0.15, 0.2) is 89.1 Å². The van der Waals surface area contributed by atoms with Gasteiger partial charge in [0.25, 0.3) is 0 Å². The number of carbonyl (C=O) groups is 2. The molecule has 0 aromatic heterocycles. The lowest BCUT2D eigenvalue weighted by Crippen LogP contribution is -2.29. The van der Waals surface area contributed by atoms with Gasteiger partial charge >= 0.3 is 5.97 Å². The summed E-state index contributed by atoms with van der Waals surface area (Å²) in [4.78, 5) is 25.3. The summed E-state index contributed by atoms with van der Waals surface area (Å²) in [6, 6.07) is 18.4. The Bertz CT molecular complexity index is 1170. The summed E-state index contributed by atoms with van der Waals surface area (Å²) in [7, 11) is 0. The number of amides is 1. The Kier molecular flexibility index (Phi) is 8.36. The summed E-state index contributed by atoms with van der Waals surface area (Å²) in [6.07, 6.45) is 1.47. The number of hydrogen-bond donors (Lipinski definition) is 2. The van der Waals surface area contributed by atoms with Gasteiger partial charge in [-0.3, -0.25) is 4.79 Å². The molecule has 1 aliphatic rings. The fourth-order valence-electron chi connectivity index (χ4n) is 3.39. The average Bonchev–Trinajstić information content (AvgIpc) is 2.81. The van der Waals surface area contributed by atoms with Gasteiger partial charge in [0.2, 0.25) is 5.91 Å². The van der Waals surface area contributed by atoms with Crippen LogP contribution < -0.4 is 10.6 Å². The molecule has 0 aliphatic carbocycles. The molecule has 0 bridgehead atoms. The minimum Gasteiger partial charge on any atom is -0.458 e. The second kappa shape index (κ2) is 11.4. The van der Waals surface area contributed by atoms with Crippen LogP contribution in [0, 0.1) is 11.3 Å². The van der Waals surface area contributed by atoms with Crippen LogP contribution in [-0.2, 0) is 14.3 Å². The number of halogens is 1. The number of allylic oxidation sites excluding steroid dienone is 2. The third kappa shape index (κ3) is 5.86. The number of hydrogen-bond acceptors (Lipinski definition) is 6. The van der Waals surface area contributed by atoms with Crippen molar-refractivity contribution in [3.05, 3.63) is 99.7 Å². The number of nitrogens with one attached hydrogen (secondary N) is 2. The maximum absolute atomic E-state index is 12.9. The molecule has 0 spiro atoms. The van der Waals surface area contributed by atoms with E-state index >= 15 is 0 Å². The number of ether oxygens (including phenoxy) is 1. The van der Waals surface area contributed by atoms with Crippen molar-refractivity contribution in [2.24, 2.45) is 0 Å². The Balaban J connectivity index is 1.93. The predicted molar refractivity (Wildman–Crippen MR) is 131 cm³/mol. The fourth-order valence-corrected chi connectivity index (χ4v) is 4.52. The van der Waals surface area contributed by atoms with Gasteiger partial charge in [0, 0.05) is 16.4 Å². The highest BCUT2D eigenvalue weighted by atomic mass is 35.5. The van der Waals surface area contributed by atoms with E-state index in [2.05, 4.69) is 23.3 Å². The summed E-state index contributed by atoms with van der Waals surface area (Å²) in [5, 5.41) is 16.9. The third-order valence-corrected chi connectivity index (χ3v) is 6.18. The number of esters is 1. The van der Waals surface area contributed by atoms with Gasteiger partial charge in [-0.2, -0.15) is 5.26 Å². The van der Waals surface area contributed by atoms with Crippen molar-refractivity contribution in [2.75, 3.05) is 17.7 Å². The van der Waals surface area contributed by atoms with Gasteiger partial charge in [-0.15, -0.1) is 0 Å². The second-order valence-electron chi connectivity index (χ2n) is 7.06. The van der Waals surface area contributed by atoms with Gasteiger partial charge in [0.05, 0.1) is 33.9 Å². The minimum absolute atomic E-state index is 0.0394. The van der Waals surface area contributed by atoms with E-state index in [1.54, 1.807) is 43.3 Å². The number of dihydropyridines is 1. The van der Waals surface area contributed by atoms with Gasteiger partial charge in [0.15, 0.2) is 0 Å². The SMILES string of the molecule is C=CCOC(=O)C1=C(C)NC(SCC(=O)Nc2ccccc2)=C(C#N)C1c1ccccc1Cl. The van der Waals surface area contributed by atoms with Crippen LogP contribution in [0.1, 0.15) is 18.4 Å². The summed E-state index contributed by atoms with van der Waals surface area (Å²) in [5.74, 6) is -1.45. The quantitative estimate of drug-likeness (QED) is 0.402. The van der Waals surface area contributed by atoms with Crippen LogP contribution in [0.2, 0.25) is 5.02 Å². The number of anilines is 1. The molecule has 0 saturated heterocycles. The number of nitrogens with zero attached hydrogens (tertiary/aromatic N) is 1. The van der Waals surface area contributed by atoms with Crippen LogP contribution in [0.5, 0.6) is 0 Å². The highest BCUT2D eigenvalue weighted by Gasteiger charge is 2.36. The Morgan fingerprint density at radius 1 is 1.24 bits per heavy atom. The first-order valence-electron chi connectivity index (χ1n) is 10.1. The normalized spacial score (nSPS) is 15.4. The molecule has 0 fully saturated rings. The van der Waals surface area contributed by atoms with Crippen LogP contribution in [-0.4, -0.2) is 24.2 Å². The van der Waals surface area contributed by atoms with Crippen molar-refractivity contribution in [3.63, 3.8) is 0 Å². The number of para-hydroxylation sites is 1. The fraction of sp³-hybridized carbons (Fsp3) is 0.160. The number of thioether (sulfide) groups is 1. The molecule has 1 atom stereocenters. The van der Waals surface area contributed by atoms with Crippen LogP contribution in [0.4, 0.5) is 5.69 Å². The molecule has 2 N–H and O–H groups in total. The molecule has 2 aromatic carbocycles.